The third kappa shape index (κ3) is 1.78. The smallest absolute Gasteiger partial charge is 0.326 e. The molecule has 2 atom stereocenters. The van der Waals surface area contributed by atoms with E-state index in [1.165, 1.54) is 0 Å². The van der Waals surface area contributed by atoms with Crippen LogP contribution in [0.2, 0.25) is 0 Å². The van der Waals surface area contributed by atoms with E-state index in [-0.39, 0.29) is 36.3 Å². The molecule has 1 aliphatic carbocycles. The number of amides is 2. The number of imide groups is 1. The molecule has 2 amide bonds. The van der Waals surface area contributed by atoms with Gasteiger partial charge in [-0.3, -0.25) is 19.3 Å². The number of hydrogen-bond donors (Lipinski definition) is 0. The summed E-state index contributed by atoms with van der Waals surface area (Å²) in [5.74, 6) is -1.15. The molecule has 0 aromatic rings. The molecule has 2 bridgehead atoms. The largest absolute Gasteiger partial charge is 0.465 e. The maximum atomic E-state index is 12.6. The van der Waals surface area contributed by atoms with Crippen LogP contribution in [0.25, 0.3) is 0 Å². The first-order valence-corrected chi connectivity index (χ1v) is 6.77. The van der Waals surface area contributed by atoms with Gasteiger partial charge in [0.05, 0.1) is 12.0 Å². The highest BCUT2D eigenvalue weighted by Gasteiger charge is 2.64. The molecule has 0 N–H and O–H groups in total. The molecule has 1 heterocycles. The van der Waals surface area contributed by atoms with Crippen molar-refractivity contribution in [3.63, 3.8) is 0 Å². The first kappa shape index (κ1) is 14.0. The molecule has 19 heavy (non-hydrogen) atoms. The fraction of sp³-hybridized carbons (Fsp3) is 0.786. The van der Waals surface area contributed by atoms with Crippen LogP contribution < -0.4 is 0 Å². The molecule has 1 saturated heterocycles. The van der Waals surface area contributed by atoms with Crippen molar-refractivity contribution in [2.75, 3.05) is 13.2 Å². The Morgan fingerprint density at radius 3 is 2.58 bits per heavy atom. The summed E-state index contributed by atoms with van der Waals surface area (Å²) in [4.78, 5) is 37.6. The number of fused-ring (bicyclic) bond motifs is 2. The van der Waals surface area contributed by atoms with Crippen molar-refractivity contribution in [3.05, 3.63) is 0 Å². The first-order chi connectivity index (χ1) is 8.75. The van der Waals surface area contributed by atoms with Crippen LogP contribution in [0.15, 0.2) is 0 Å². The lowest BCUT2D eigenvalue weighted by molar-refractivity contribution is -0.172. The lowest BCUT2D eigenvalue weighted by Crippen LogP contribution is -2.60. The summed E-state index contributed by atoms with van der Waals surface area (Å²) in [6.07, 6.45) is 1.42. The minimum absolute atomic E-state index is 0.176. The summed E-state index contributed by atoms with van der Waals surface area (Å²) in [5, 5.41) is 0. The SMILES string of the molecule is CCOC(=O)CN1C(=O)C2CCC(C)(C1=O)C2(C)C. The highest BCUT2D eigenvalue weighted by atomic mass is 16.5. The maximum Gasteiger partial charge on any atom is 0.326 e. The topological polar surface area (TPSA) is 63.7 Å². The standard InChI is InChI=1S/C14H21NO4/c1-5-19-10(16)8-15-11(17)9-6-7-14(4,12(15)18)13(9,2)3/h9H,5-8H2,1-4H3. The van der Waals surface area contributed by atoms with Gasteiger partial charge in [0, 0.05) is 5.92 Å². The molecule has 0 radical (unpaired) electrons. The van der Waals surface area contributed by atoms with E-state index in [4.69, 9.17) is 4.74 Å². The number of esters is 1. The molecule has 2 fully saturated rings. The maximum absolute atomic E-state index is 12.6. The van der Waals surface area contributed by atoms with Crippen LogP contribution in [0.4, 0.5) is 0 Å². The molecule has 0 aromatic carbocycles. The Kier molecular flexibility index (Phi) is 3.19. The molecule has 106 valence electrons. The zero-order valence-corrected chi connectivity index (χ0v) is 12.0. The second-order valence-corrected chi connectivity index (χ2v) is 6.18. The monoisotopic (exact) mass is 267 g/mol. The fourth-order valence-corrected chi connectivity index (χ4v) is 3.39. The first-order valence-electron chi connectivity index (χ1n) is 6.77. The van der Waals surface area contributed by atoms with Crippen molar-refractivity contribution in [3.8, 4) is 0 Å². The third-order valence-corrected chi connectivity index (χ3v) is 5.10. The van der Waals surface area contributed by atoms with Gasteiger partial charge in [0.2, 0.25) is 11.8 Å². The van der Waals surface area contributed by atoms with Gasteiger partial charge in [-0.25, -0.2) is 0 Å². The number of nitrogens with zero attached hydrogens (tertiary/aromatic N) is 1. The van der Waals surface area contributed by atoms with Crippen LogP contribution in [-0.2, 0) is 19.1 Å². The molecule has 1 aliphatic heterocycles. The minimum Gasteiger partial charge on any atom is -0.465 e. The van der Waals surface area contributed by atoms with Gasteiger partial charge in [0.15, 0.2) is 0 Å². The number of piperidine rings is 1. The Labute approximate surface area is 113 Å². The van der Waals surface area contributed by atoms with Crippen LogP contribution in [0, 0.1) is 16.7 Å². The second-order valence-electron chi connectivity index (χ2n) is 6.18. The lowest BCUT2D eigenvalue weighted by Gasteiger charge is -2.47. The van der Waals surface area contributed by atoms with Crippen molar-refractivity contribution >= 4 is 17.8 Å². The molecule has 5 heteroatoms. The predicted molar refractivity (Wildman–Crippen MR) is 68.0 cm³/mol. The minimum atomic E-state index is -0.557. The van der Waals surface area contributed by atoms with Gasteiger partial charge >= 0.3 is 5.97 Å². The molecule has 2 unspecified atom stereocenters. The molecular weight excluding hydrogens is 246 g/mol. The summed E-state index contributed by atoms with van der Waals surface area (Å²) in [6, 6.07) is 0. The van der Waals surface area contributed by atoms with Gasteiger partial charge in [-0.15, -0.1) is 0 Å². The number of carbonyl (C=O) groups is 3. The average Bonchev–Trinajstić information content (AvgIpc) is 2.51. The molecule has 0 aromatic heterocycles. The summed E-state index contributed by atoms with van der Waals surface area (Å²) in [6.45, 7) is 7.55. The van der Waals surface area contributed by atoms with Crippen molar-refractivity contribution in [1.29, 1.82) is 0 Å². The number of ether oxygens (including phenoxy) is 1. The Balaban J connectivity index is 2.28. The van der Waals surface area contributed by atoms with Crippen molar-refractivity contribution in [2.24, 2.45) is 16.7 Å². The average molecular weight is 267 g/mol. The van der Waals surface area contributed by atoms with Crippen LogP contribution in [0.3, 0.4) is 0 Å². The second kappa shape index (κ2) is 4.32. The van der Waals surface area contributed by atoms with E-state index in [1.54, 1.807) is 6.92 Å². The van der Waals surface area contributed by atoms with E-state index >= 15 is 0 Å². The van der Waals surface area contributed by atoms with Gasteiger partial charge in [-0.05, 0) is 25.2 Å². The van der Waals surface area contributed by atoms with Gasteiger partial charge in [0.25, 0.3) is 0 Å². The molecule has 0 spiro atoms. The number of likely N-dealkylation sites (tertiary alicyclic amines) is 1. The zero-order valence-electron chi connectivity index (χ0n) is 12.0. The van der Waals surface area contributed by atoms with Gasteiger partial charge in [-0.1, -0.05) is 20.8 Å². The Bertz CT molecular complexity index is 443. The quantitative estimate of drug-likeness (QED) is 0.572. The van der Waals surface area contributed by atoms with Crippen LogP contribution in [0.1, 0.15) is 40.5 Å². The van der Waals surface area contributed by atoms with E-state index in [1.807, 2.05) is 20.8 Å². The Hall–Kier alpha value is -1.39. The summed E-state index contributed by atoms with van der Waals surface area (Å²) < 4.78 is 4.83. The van der Waals surface area contributed by atoms with E-state index in [2.05, 4.69) is 0 Å². The van der Waals surface area contributed by atoms with Crippen molar-refractivity contribution < 1.29 is 19.1 Å². The van der Waals surface area contributed by atoms with Crippen LogP contribution in [-0.4, -0.2) is 35.8 Å². The highest BCUT2D eigenvalue weighted by Crippen LogP contribution is 2.59. The Morgan fingerprint density at radius 2 is 2.00 bits per heavy atom. The molecule has 5 nitrogen and oxygen atoms in total. The number of carbonyl (C=O) groups excluding carboxylic acids is 3. The normalized spacial score (nSPS) is 32.6. The number of rotatable bonds is 3. The molecular formula is C14H21NO4. The predicted octanol–water partition coefficient (Wildman–Crippen LogP) is 1.36. The van der Waals surface area contributed by atoms with Crippen molar-refractivity contribution in [2.45, 2.75) is 40.5 Å². The zero-order chi connectivity index (χ0) is 14.4. The third-order valence-electron chi connectivity index (χ3n) is 5.10. The summed E-state index contributed by atoms with van der Waals surface area (Å²) in [5.41, 5.74) is -0.898. The summed E-state index contributed by atoms with van der Waals surface area (Å²) >= 11 is 0. The Morgan fingerprint density at radius 1 is 1.37 bits per heavy atom. The molecule has 2 aliphatic rings. The van der Waals surface area contributed by atoms with Crippen LogP contribution >= 0.6 is 0 Å². The van der Waals surface area contributed by atoms with E-state index < -0.39 is 11.4 Å². The molecule has 1 saturated carbocycles. The van der Waals surface area contributed by atoms with Crippen molar-refractivity contribution in [1.82, 2.24) is 4.90 Å². The fourth-order valence-electron chi connectivity index (χ4n) is 3.39. The van der Waals surface area contributed by atoms with Gasteiger partial charge < -0.3 is 4.74 Å². The van der Waals surface area contributed by atoms with Gasteiger partial charge in [-0.2, -0.15) is 0 Å². The van der Waals surface area contributed by atoms with E-state index in [9.17, 15) is 14.4 Å². The number of hydrogen-bond acceptors (Lipinski definition) is 4. The highest BCUT2D eigenvalue weighted by molar-refractivity contribution is 6.05. The van der Waals surface area contributed by atoms with Crippen LogP contribution in [0.5, 0.6) is 0 Å². The van der Waals surface area contributed by atoms with Gasteiger partial charge in [0.1, 0.15) is 6.54 Å². The van der Waals surface area contributed by atoms with E-state index in [0.29, 0.717) is 12.8 Å². The lowest BCUT2D eigenvalue weighted by atomic mass is 9.62. The molecule has 2 rings (SSSR count). The summed E-state index contributed by atoms with van der Waals surface area (Å²) in [7, 11) is 0. The van der Waals surface area contributed by atoms with E-state index in [0.717, 1.165) is 4.90 Å².